The fourth-order valence-electron chi connectivity index (χ4n) is 8.37. The van der Waals surface area contributed by atoms with Crippen LogP contribution in [0.3, 0.4) is 0 Å². The summed E-state index contributed by atoms with van der Waals surface area (Å²) in [5.74, 6) is -1.26. The smallest absolute Gasteiger partial charge is 0.206 e. The average Bonchev–Trinajstić information content (AvgIpc) is 3.75. The van der Waals surface area contributed by atoms with E-state index in [1.165, 1.54) is 33.4 Å². The van der Waals surface area contributed by atoms with Crippen molar-refractivity contribution in [2.45, 2.75) is 118 Å². The molecule has 2 unspecified atom stereocenters. The van der Waals surface area contributed by atoms with E-state index in [1.807, 2.05) is 0 Å². The Morgan fingerprint density at radius 1 is 0.609 bits per heavy atom. The van der Waals surface area contributed by atoms with Crippen molar-refractivity contribution in [3.05, 3.63) is 69.3 Å². The molecule has 0 saturated heterocycles. The van der Waals surface area contributed by atoms with Gasteiger partial charge in [0.2, 0.25) is 11.6 Å². The number of allylic oxidation sites excluding steroid dienone is 4. The third-order valence-electron chi connectivity index (χ3n) is 10.9. The van der Waals surface area contributed by atoms with Crippen molar-refractivity contribution in [2.24, 2.45) is 0 Å². The van der Waals surface area contributed by atoms with Crippen molar-refractivity contribution in [3.8, 4) is 0 Å². The number of nitrogens with zero attached hydrogens (tertiary/aromatic N) is 2. The molecular formula is C40H46N4O2. The molecule has 1 saturated carbocycles. The minimum absolute atomic E-state index is 0.234. The predicted molar refractivity (Wildman–Crippen MR) is 189 cm³/mol. The molecule has 0 amide bonds. The molecule has 10 bridgehead atoms. The van der Waals surface area contributed by atoms with E-state index in [4.69, 9.17) is 9.97 Å². The van der Waals surface area contributed by atoms with Gasteiger partial charge in [0.15, 0.2) is 0 Å². The number of aromatic nitrogens is 4. The summed E-state index contributed by atoms with van der Waals surface area (Å²) in [7, 11) is 0. The molecule has 0 spiro atoms. The third kappa shape index (κ3) is 4.75. The van der Waals surface area contributed by atoms with E-state index < -0.39 is 11.8 Å². The van der Waals surface area contributed by atoms with Gasteiger partial charge >= 0.3 is 0 Å². The lowest BCUT2D eigenvalue weighted by molar-refractivity contribution is -0.140. The second-order valence-electron chi connectivity index (χ2n) is 13.6. The van der Waals surface area contributed by atoms with Gasteiger partial charge < -0.3 is 9.97 Å². The second-order valence-corrected chi connectivity index (χ2v) is 13.6. The summed E-state index contributed by atoms with van der Waals surface area (Å²) in [6.45, 7) is 13.3. The Bertz CT molecular complexity index is 1880. The Kier molecular flexibility index (Phi) is 7.94. The molecule has 238 valence electrons. The number of rotatable bonds is 8. The first kappa shape index (κ1) is 30.6. The van der Waals surface area contributed by atoms with E-state index in [2.05, 4.69) is 75.8 Å². The number of fused-ring (bicyclic) bond motifs is 10. The molecule has 3 aromatic heterocycles. The Hall–Kier alpha value is -4.06. The number of Topliss-reactive ketones (excluding diaryl/α,β-unsaturated/α-hetero) is 2. The van der Waals surface area contributed by atoms with Crippen molar-refractivity contribution in [3.63, 3.8) is 0 Å². The molecule has 2 aliphatic heterocycles. The van der Waals surface area contributed by atoms with Gasteiger partial charge in [0.1, 0.15) is 0 Å². The summed E-state index contributed by atoms with van der Waals surface area (Å²) in [4.78, 5) is 44.6. The maximum atomic E-state index is 13.2. The van der Waals surface area contributed by atoms with Crippen LogP contribution in [0.1, 0.15) is 150 Å². The minimum Gasteiger partial charge on any atom is -0.355 e. The Morgan fingerprint density at radius 3 is 1.39 bits per heavy atom. The number of ketones is 2. The highest BCUT2D eigenvalue weighted by atomic mass is 16.2. The van der Waals surface area contributed by atoms with Crippen LogP contribution in [0.25, 0.3) is 44.4 Å². The highest BCUT2D eigenvalue weighted by Crippen LogP contribution is 2.50. The van der Waals surface area contributed by atoms with E-state index in [1.54, 1.807) is 0 Å². The summed E-state index contributed by atoms with van der Waals surface area (Å²) in [6.07, 6.45) is 9.66. The van der Waals surface area contributed by atoms with Gasteiger partial charge in [0, 0.05) is 22.1 Å². The normalized spacial score (nSPS) is 19.1. The van der Waals surface area contributed by atoms with Gasteiger partial charge in [-0.25, -0.2) is 9.97 Å². The first-order valence-electron chi connectivity index (χ1n) is 17.6. The lowest BCUT2D eigenvalue weighted by atomic mass is 9.66. The molecule has 5 heterocycles. The number of hydrogen-bond donors (Lipinski definition) is 2. The number of H-pyrrole nitrogens is 2. The Morgan fingerprint density at radius 2 is 1.00 bits per heavy atom. The van der Waals surface area contributed by atoms with E-state index in [9.17, 15) is 9.59 Å². The zero-order valence-electron chi connectivity index (χ0n) is 28.2. The molecule has 46 heavy (non-hydrogen) atoms. The summed E-state index contributed by atoms with van der Waals surface area (Å²) in [6, 6.07) is 8.80. The van der Waals surface area contributed by atoms with Crippen molar-refractivity contribution in [1.82, 2.24) is 19.9 Å². The number of aromatic amines is 2. The van der Waals surface area contributed by atoms with Crippen LogP contribution in [0.5, 0.6) is 0 Å². The summed E-state index contributed by atoms with van der Waals surface area (Å²) in [5.41, 5.74) is 17.6. The largest absolute Gasteiger partial charge is 0.355 e. The van der Waals surface area contributed by atoms with Gasteiger partial charge in [-0.15, -0.1) is 0 Å². The van der Waals surface area contributed by atoms with Gasteiger partial charge in [0.25, 0.3) is 0 Å². The maximum absolute atomic E-state index is 13.2. The monoisotopic (exact) mass is 614 g/mol. The van der Waals surface area contributed by atoms with Crippen LogP contribution < -0.4 is 0 Å². The number of carbonyl (C=O) groups is 2. The lowest BCUT2D eigenvalue weighted by Gasteiger charge is -2.33. The number of hydrogen-bond acceptors (Lipinski definition) is 4. The predicted octanol–water partition coefficient (Wildman–Crippen LogP) is 9.79. The van der Waals surface area contributed by atoms with Gasteiger partial charge in [0.05, 0.1) is 34.6 Å². The van der Waals surface area contributed by atoms with Crippen molar-refractivity contribution < 1.29 is 9.59 Å². The first-order valence-corrected chi connectivity index (χ1v) is 17.6. The number of carbonyl (C=O) groups excluding carboxylic acids is 2. The number of aryl methyl sites for hydroxylation is 2. The Balaban J connectivity index is 1.63. The highest BCUT2D eigenvalue weighted by Gasteiger charge is 2.47. The van der Waals surface area contributed by atoms with Crippen LogP contribution >= 0.6 is 0 Å². The van der Waals surface area contributed by atoms with Crippen LogP contribution in [0.4, 0.5) is 0 Å². The van der Waals surface area contributed by atoms with E-state index >= 15 is 0 Å². The maximum Gasteiger partial charge on any atom is 0.206 e. The van der Waals surface area contributed by atoms with Crippen LogP contribution in [0.2, 0.25) is 0 Å². The molecule has 8 rings (SSSR count). The fourth-order valence-corrected chi connectivity index (χ4v) is 8.37. The van der Waals surface area contributed by atoms with Crippen molar-refractivity contribution >= 4 is 55.9 Å². The SMILES string of the molecule is CCCCC1=C(C)c2cc3[nH]c(cc4nc(cc5[nH]c(cc1n2)c(CC)c5CC)C(CCCC)=C4C)c1c3C2CCC1C(=O)C2=O. The molecule has 0 radical (unpaired) electrons. The molecule has 3 aliphatic carbocycles. The standard InChI is InChI=1S/C40H46N4O2/c1-7-11-13-25-21(5)29-17-35-37-27-15-16-28(40(46)39(27)45)38(37)36(44-35)18-30-22(6)26(14-12-8-2)34(42-30)20-32-24(10-4)23(9-3)31(43-32)19-33(25)41-29/h17-20,27-28,43-44H,7-16H2,1-6H3. The van der Waals surface area contributed by atoms with Crippen LogP contribution in [0, 0.1) is 0 Å². The molecule has 6 nitrogen and oxygen atoms in total. The summed E-state index contributed by atoms with van der Waals surface area (Å²) < 4.78 is 0. The van der Waals surface area contributed by atoms with Crippen LogP contribution in [-0.2, 0) is 22.4 Å². The quantitative estimate of drug-likeness (QED) is 0.247. The molecule has 2 atom stereocenters. The van der Waals surface area contributed by atoms with Crippen molar-refractivity contribution in [2.75, 3.05) is 0 Å². The van der Waals surface area contributed by atoms with Gasteiger partial charge in [-0.05, 0) is 134 Å². The third-order valence-corrected chi connectivity index (χ3v) is 10.9. The van der Waals surface area contributed by atoms with Crippen LogP contribution in [-0.4, -0.2) is 31.5 Å². The van der Waals surface area contributed by atoms with E-state index in [0.717, 1.165) is 120 Å². The average molecular weight is 615 g/mol. The van der Waals surface area contributed by atoms with Gasteiger partial charge in [-0.2, -0.15) is 0 Å². The van der Waals surface area contributed by atoms with Gasteiger partial charge in [-0.1, -0.05) is 40.5 Å². The number of nitrogens with one attached hydrogen (secondary N) is 2. The van der Waals surface area contributed by atoms with Gasteiger partial charge in [-0.3, -0.25) is 9.59 Å². The van der Waals surface area contributed by atoms with Crippen molar-refractivity contribution in [1.29, 1.82) is 0 Å². The second kappa shape index (κ2) is 11.9. The molecule has 5 aliphatic rings. The van der Waals surface area contributed by atoms with E-state index in [0.29, 0.717) is 0 Å². The topological polar surface area (TPSA) is 91.5 Å². The summed E-state index contributed by atoms with van der Waals surface area (Å²) in [5, 5.41) is 0. The van der Waals surface area contributed by atoms with E-state index in [-0.39, 0.29) is 11.6 Å². The fraction of sp³-hybridized carbons (Fsp3) is 0.450. The van der Waals surface area contributed by atoms with Crippen LogP contribution in [0.15, 0.2) is 24.3 Å². The Labute approximate surface area is 271 Å². The lowest BCUT2D eigenvalue weighted by Crippen LogP contribution is -2.38. The molecule has 3 aromatic rings. The number of unbranched alkanes of at least 4 members (excludes halogenated alkanes) is 2. The molecule has 2 N–H and O–H groups in total. The highest BCUT2D eigenvalue weighted by molar-refractivity contribution is 6.43. The zero-order valence-corrected chi connectivity index (χ0v) is 28.2. The molecule has 0 aromatic carbocycles. The zero-order chi connectivity index (χ0) is 32.3. The first-order chi connectivity index (χ1) is 22.3. The molecule has 1 fully saturated rings. The molecular weight excluding hydrogens is 568 g/mol. The summed E-state index contributed by atoms with van der Waals surface area (Å²) >= 11 is 0. The molecule has 6 heteroatoms. The minimum atomic E-state index is -0.394.